The number of fused-ring (bicyclic) bond motifs is 1. The van der Waals surface area contributed by atoms with Crippen molar-refractivity contribution in [2.45, 2.75) is 27.7 Å². The number of para-hydroxylation sites is 1. The molecule has 2 unspecified atom stereocenters. The quantitative estimate of drug-likeness (QED) is 0.300. The summed E-state index contributed by atoms with van der Waals surface area (Å²) in [6.07, 6.45) is 6.01. The Labute approximate surface area is 232 Å². The van der Waals surface area contributed by atoms with E-state index in [0.717, 1.165) is 23.5 Å². The molecule has 0 radical (unpaired) electrons. The largest absolute Gasteiger partial charge is 0.860 e. The molecule has 0 bridgehead atoms. The number of nitrogens with zero attached hydrogens (tertiary/aromatic N) is 4. The van der Waals surface area contributed by atoms with Gasteiger partial charge in [0, 0.05) is 37.3 Å². The maximum Gasteiger partial charge on any atom is 0.268 e. The van der Waals surface area contributed by atoms with Crippen LogP contribution in [0.1, 0.15) is 33.3 Å². The first kappa shape index (κ1) is 26.1. The summed E-state index contributed by atoms with van der Waals surface area (Å²) in [7, 11) is -2.47. The Hall–Kier alpha value is -2.47. The second-order valence-electron chi connectivity index (χ2n) is 8.43. The standard InChI is InChI=1S/C26H29N4O3S4/c1-5-27-15-20(19-14-13-17-11-9-10-12-18(17)28(19)6-2)37(33)26(27)36-16-21(31)29(7-3)24(36)22-23(32)30(8-4)25(34)35-22/h9-16,31H,5-8H2,1-4H3/q-1/p-1. The van der Waals surface area contributed by atoms with Gasteiger partial charge in [-0.3, -0.25) is 9.69 Å². The molecule has 11 heteroatoms. The average molecular weight is 573 g/mol. The highest BCUT2D eigenvalue weighted by atomic mass is 32.2. The highest BCUT2D eigenvalue weighted by molar-refractivity contribution is 8.34. The second-order valence-corrected chi connectivity index (χ2v) is 13.4. The van der Waals surface area contributed by atoms with Gasteiger partial charge in [0.05, 0.1) is 5.03 Å². The molecule has 196 valence electrons. The topological polar surface area (TPSA) is 70.2 Å². The molecule has 0 spiro atoms. The van der Waals surface area contributed by atoms with E-state index in [9.17, 15) is 14.1 Å². The number of rotatable bonds is 5. The van der Waals surface area contributed by atoms with Crippen molar-refractivity contribution in [1.29, 1.82) is 0 Å². The predicted molar refractivity (Wildman–Crippen MR) is 157 cm³/mol. The van der Waals surface area contributed by atoms with E-state index in [-0.39, 0.29) is 11.8 Å². The number of hydrogen-bond donors (Lipinski definition) is 0. The second kappa shape index (κ2) is 10.4. The lowest BCUT2D eigenvalue weighted by Crippen LogP contribution is -2.30. The Morgan fingerprint density at radius 2 is 1.73 bits per heavy atom. The van der Waals surface area contributed by atoms with Crippen LogP contribution >= 0.6 is 34.5 Å². The van der Waals surface area contributed by atoms with Gasteiger partial charge in [-0.1, -0.05) is 46.6 Å². The van der Waals surface area contributed by atoms with E-state index >= 15 is 0 Å². The van der Waals surface area contributed by atoms with E-state index < -0.39 is 21.3 Å². The normalized spacial score (nSPS) is 26.5. The molecule has 7 nitrogen and oxygen atoms in total. The maximum absolute atomic E-state index is 14.3. The molecular formula is C26H28N4O3S4-2. The summed E-state index contributed by atoms with van der Waals surface area (Å²) in [5, 5.41) is 15.3. The van der Waals surface area contributed by atoms with Crippen LogP contribution in [0.2, 0.25) is 0 Å². The van der Waals surface area contributed by atoms with Crippen LogP contribution in [0.15, 0.2) is 68.4 Å². The van der Waals surface area contributed by atoms with Crippen LogP contribution in [0.4, 0.5) is 5.69 Å². The van der Waals surface area contributed by atoms with Crippen LogP contribution in [0, 0.1) is 6.42 Å². The van der Waals surface area contributed by atoms with Crippen molar-refractivity contribution in [1.82, 2.24) is 14.7 Å². The van der Waals surface area contributed by atoms with Crippen LogP contribution in [0.25, 0.3) is 0 Å². The van der Waals surface area contributed by atoms with Gasteiger partial charge >= 0.3 is 0 Å². The van der Waals surface area contributed by atoms with Crippen LogP contribution < -0.4 is 10.0 Å². The average Bonchev–Trinajstić information content (AvgIpc) is 3.51. The molecule has 2 atom stereocenters. The number of anilines is 1. The third kappa shape index (κ3) is 4.16. The first-order valence-corrected chi connectivity index (χ1v) is 15.9. The zero-order valence-corrected chi connectivity index (χ0v) is 24.4. The van der Waals surface area contributed by atoms with Crippen LogP contribution in [-0.2, 0) is 15.6 Å². The molecule has 0 saturated carbocycles. The molecule has 1 aromatic rings. The minimum atomic E-state index is -1.52. The summed E-state index contributed by atoms with van der Waals surface area (Å²) in [5.74, 6) is -0.364. The Bertz CT molecular complexity index is 1380. The summed E-state index contributed by atoms with van der Waals surface area (Å²) in [6, 6.07) is 8.16. The zero-order chi connectivity index (χ0) is 26.4. The van der Waals surface area contributed by atoms with Crippen molar-refractivity contribution in [2.75, 3.05) is 31.1 Å². The molecule has 4 aliphatic heterocycles. The third-order valence-electron chi connectivity index (χ3n) is 6.52. The molecule has 37 heavy (non-hydrogen) atoms. The van der Waals surface area contributed by atoms with Crippen molar-refractivity contribution >= 4 is 65.5 Å². The minimum Gasteiger partial charge on any atom is -0.860 e. The Balaban J connectivity index is 1.64. The summed E-state index contributed by atoms with van der Waals surface area (Å²) in [6.45, 7) is 10.0. The van der Waals surface area contributed by atoms with Crippen LogP contribution in [0.3, 0.4) is 0 Å². The summed E-state index contributed by atoms with van der Waals surface area (Å²) in [4.78, 5) is 21.8. The van der Waals surface area contributed by atoms with Crippen molar-refractivity contribution in [3.63, 3.8) is 0 Å². The minimum absolute atomic E-state index is 0.175. The number of thioether (sulfide) groups is 1. The molecule has 1 aromatic carbocycles. The third-order valence-corrected chi connectivity index (χ3v) is 12.2. The van der Waals surface area contributed by atoms with E-state index in [1.165, 1.54) is 11.8 Å². The monoisotopic (exact) mass is 572 g/mol. The summed E-state index contributed by atoms with van der Waals surface area (Å²) < 4.78 is 15.4. The van der Waals surface area contributed by atoms with Gasteiger partial charge in [0.2, 0.25) is 0 Å². The molecule has 4 aliphatic rings. The van der Waals surface area contributed by atoms with Crippen LogP contribution in [0.5, 0.6) is 0 Å². The number of benzene rings is 1. The van der Waals surface area contributed by atoms with E-state index in [1.54, 1.807) is 15.2 Å². The Morgan fingerprint density at radius 3 is 2.38 bits per heavy atom. The Kier molecular flexibility index (Phi) is 7.32. The van der Waals surface area contributed by atoms with E-state index in [1.807, 2.05) is 50.1 Å². The number of amides is 1. The smallest absolute Gasteiger partial charge is 0.268 e. The first-order chi connectivity index (χ1) is 17.9. The molecule has 5 rings (SSSR count). The number of allylic oxidation sites excluding steroid dienone is 1. The van der Waals surface area contributed by atoms with E-state index in [0.29, 0.717) is 43.1 Å². The predicted octanol–water partition coefficient (Wildman–Crippen LogP) is 3.79. The van der Waals surface area contributed by atoms with Gasteiger partial charge in [-0.05, 0) is 50.4 Å². The SMILES string of the molecule is CCN1C=C(C2=C[CH-]c3ccccc3N2CC)S(=O)C1=S1C=C([O-])N(CC)C1=C1SC(=S)N(CC)C1=O. The molecule has 1 amide bonds. The molecule has 1 fully saturated rings. The number of likely N-dealkylation sites (N-methyl/N-ethyl adjacent to an activating group) is 2. The van der Waals surface area contributed by atoms with E-state index in [2.05, 4.69) is 30.4 Å². The maximum atomic E-state index is 14.3. The van der Waals surface area contributed by atoms with Gasteiger partial charge in [-0.15, -0.1) is 30.2 Å². The van der Waals surface area contributed by atoms with Gasteiger partial charge in [-0.25, -0.2) is 4.21 Å². The van der Waals surface area contributed by atoms with Crippen molar-refractivity contribution < 1.29 is 14.1 Å². The van der Waals surface area contributed by atoms with Crippen molar-refractivity contribution in [3.8, 4) is 0 Å². The van der Waals surface area contributed by atoms with Gasteiger partial charge in [0.1, 0.15) is 24.3 Å². The van der Waals surface area contributed by atoms with Gasteiger partial charge < -0.3 is 19.8 Å². The van der Waals surface area contributed by atoms with Crippen LogP contribution in [-0.4, -0.2) is 59.6 Å². The van der Waals surface area contributed by atoms with E-state index in [4.69, 9.17) is 12.2 Å². The molecule has 4 heterocycles. The number of carbonyl (C=O) groups excluding carboxylic acids is 1. The fourth-order valence-electron chi connectivity index (χ4n) is 4.74. The highest BCUT2D eigenvalue weighted by Gasteiger charge is 2.40. The molecule has 0 N–H and O–H groups in total. The number of carbonyl (C=O) groups is 1. The van der Waals surface area contributed by atoms with Gasteiger partial charge in [-0.2, -0.15) is 0 Å². The van der Waals surface area contributed by atoms with Crippen molar-refractivity contribution in [3.05, 3.63) is 80.4 Å². The molecule has 0 aromatic heterocycles. The molecular weight excluding hydrogens is 545 g/mol. The lowest BCUT2D eigenvalue weighted by Gasteiger charge is -2.39. The molecule has 1 saturated heterocycles. The lowest BCUT2D eigenvalue weighted by molar-refractivity contribution is -0.327. The highest BCUT2D eigenvalue weighted by Crippen LogP contribution is 2.49. The zero-order valence-electron chi connectivity index (χ0n) is 21.1. The summed E-state index contributed by atoms with van der Waals surface area (Å²) in [5.41, 5.74) is 3.07. The van der Waals surface area contributed by atoms with Gasteiger partial charge in [0.15, 0.2) is 0 Å². The molecule has 0 aliphatic carbocycles. The Morgan fingerprint density at radius 1 is 1.03 bits per heavy atom. The van der Waals surface area contributed by atoms with Gasteiger partial charge in [0.25, 0.3) is 5.91 Å². The lowest BCUT2D eigenvalue weighted by atomic mass is 10.0. The number of hydrogen-bond acceptors (Lipinski definition) is 7. The van der Waals surface area contributed by atoms with Crippen molar-refractivity contribution in [2.24, 2.45) is 0 Å². The summed E-state index contributed by atoms with van der Waals surface area (Å²) >= 11 is 6.69. The fraction of sp³-hybridized carbons (Fsp3) is 0.308. The fourth-order valence-corrected chi connectivity index (χ4v) is 10.9. The number of thiocarbonyl (C=S) groups is 1. The first-order valence-electron chi connectivity index (χ1n) is 12.2.